The third-order valence-corrected chi connectivity index (χ3v) is 6.76. The Balaban J connectivity index is 1.99. The van der Waals surface area contributed by atoms with Gasteiger partial charge in [0.25, 0.3) is 0 Å². The van der Waals surface area contributed by atoms with E-state index < -0.39 is 0 Å². The van der Waals surface area contributed by atoms with E-state index >= 15 is 0 Å². The maximum absolute atomic E-state index is 8.94. The predicted molar refractivity (Wildman–Crippen MR) is 136 cm³/mol. The zero-order valence-corrected chi connectivity index (χ0v) is 20.4. The molecule has 2 aromatic heterocycles. The van der Waals surface area contributed by atoms with E-state index in [1.54, 1.807) is 0 Å². The molecule has 0 atom stereocenters. The summed E-state index contributed by atoms with van der Waals surface area (Å²) in [6.07, 6.45) is 3.72. The molecule has 2 aromatic carbocycles. The van der Waals surface area contributed by atoms with Gasteiger partial charge in [0.1, 0.15) is 7.05 Å². The highest BCUT2D eigenvalue weighted by atomic mass is 14.9. The van der Waals surface area contributed by atoms with Crippen molar-refractivity contribution in [3.63, 3.8) is 0 Å². The molecule has 0 N–H and O–H groups in total. The van der Waals surface area contributed by atoms with E-state index in [4.69, 9.17) is 1.37 Å². The molecule has 0 fully saturated rings. The normalized spacial score (nSPS) is 12.2. The number of pyridine rings is 2. The van der Waals surface area contributed by atoms with Gasteiger partial charge in [0, 0.05) is 30.9 Å². The zero-order chi connectivity index (χ0) is 23.9. The molecule has 0 aliphatic rings. The average molecular weight is 425 g/mol. The van der Waals surface area contributed by atoms with Crippen molar-refractivity contribution in [2.45, 2.75) is 47.5 Å². The molecule has 0 radical (unpaired) electrons. The largest absolute Gasteiger partial charge is 0.264 e. The van der Waals surface area contributed by atoms with Crippen molar-refractivity contribution in [1.82, 2.24) is 4.98 Å². The van der Waals surface area contributed by atoms with Gasteiger partial charge in [-0.05, 0) is 65.0 Å². The Morgan fingerprint density at radius 3 is 2.31 bits per heavy atom. The fourth-order valence-electron chi connectivity index (χ4n) is 5.16. The molecule has 0 aliphatic heterocycles. The van der Waals surface area contributed by atoms with Gasteiger partial charge in [0.05, 0.1) is 12.3 Å². The summed E-state index contributed by atoms with van der Waals surface area (Å²) in [6.45, 7) is 13.4. The van der Waals surface area contributed by atoms with Crippen LogP contribution in [0.4, 0.5) is 0 Å². The third-order valence-electron chi connectivity index (χ3n) is 6.76. The van der Waals surface area contributed by atoms with Crippen LogP contribution in [0.3, 0.4) is 0 Å². The van der Waals surface area contributed by atoms with Crippen molar-refractivity contribution in [2.24, 2.45) is 18.9 Å². The highest BCUT2D eigenvalue weighted by Crippen LogP contribution is 2.36. The number of aromatic nitrogens is 2. The van der Waals surface area contributed by atoms with E-state index in [0.717, 1.165) is 27.6 Å². The summed E-state index contributed by atoms with van der Waals surface area (Å²) >= 11 is 0. The second kappa shape index (κ2) is 8.86. The number of hydrogen-bond acceptors (Lipinski definition) is 1. The first-order chi connectivity index (χ1) is 15.7. The van der Waals surface area contributed by atoms with Gasteiger partial charge in [-0.1, -0.05) is 58.0 Å². The van der Waals surface area contributed by atoms with Gasteiger partial charge < -0.3 is 0 Å². The van der Waals surface area contributed by atoms with Crippen LogP contribution in [0.2, 0.25) is 0 Å². The highest BCUT2D eigenvalue weighted by Gasteiger charge is 2.24. The van der Waals surface area contributed by atoms with Gasteiger partial charge in [-0.15, -0.1) is 0 Å². The smallest absolute Gasteiger partial charge is 0.220 e. The number of fused-ring (bicyclic) bond motifs is 1. The van der Waals surface area contributed by atoms with Crippen molar-refractivity contribution in [3.05, 3.63) is 83.8 Å². The van der Waals surface area contributed by atoms with Crippen molar-refractivity contribution < 1.29 is 5.94 Å². The van der Waals surface area contributed by atoms with Crippen LogP contribution in [-0.4, -0.2) is 4.98 Å². The summed E-state index contributed by atoms with van der Waals surface area (Å²) < 4.78 is 11.1. The van der Waals surface area contributed by atoms with Gasteiger partial charge in [-0.25, -0.2) is 0 Å². The van der Waals surface area contributed by atoms with Crippen LogP contribution in [0.5, 0.6) is 0 Å². The Kier molecular flexibility index (Phi) is 5.78. The first-order valence-electron chi connectivity index (χ1n) is 12.1. The van der Waals surface area contributed by atoms with Crippen LogP contribution in [0.15, 0.2) is 67.0 Å². The molecule has 32 heavy (non-hydrogen) atoms. The maximum Gasteiger partial charge on any atom is 0.220 e. The molecule has 4 rings (SSSR count). The van der Waals surface area contributed by atoms with Gasteiger partial charge >= 0.3 is 0 Å². The SMILES string of the molecule is [2H]c1c(C)[n+](C)c(-c2cc(-c3cccnc3)ccc2C)c2ccc(C(C(C)C)C(C)C)cc12. The zero-order valence-electron chi connectivity index (χ0n) is 21.4. The lowest BCUT2D eigenvalue weighted by atomic mass is 9.79. The Morgan fingerprint density at radius 2 is 1.66 bits per heavy atom. The summed E-state index contributed by atoms with van der Waals surface area (Å²) in [5.74, 6) is 1.58. The Labute approximate surface area is 194 Å². The molecule has 0 amide bonds. The second-order valence-corrected chi connectivity index (χ2v) is 9.71. The topological polar surface area (TPSA) is 16.8 Å². The minimum atomic E-state index is 0.474. The first kappa shape index (κ1) is 20.9. The van der Waals surface area contributed by atoms with Crippen molar-refractivity contribution in [2.75, 3.05) is 0 Å². The molecule has 164 valence electrons. The Hall–Kier alpha value is -3.00. The third kappa shape index (κ3) is 4.07. The second-order valence-electron chi connectivity index (χ2n) is 9.71. The standard InChI is InChI=1S/C30H35N2/c1-19(2)29(20(3)4)24-12-13-27-26(16-24)15-22(6)32(7)30(27)28-17-23(11-10-21(28)5)25-9-8-14-31-18-25/h8-20,29H,1-7H3/q+1/i15D. The van der Waals surface area contributed by atoms with Gasteiger partial charge in [0.2, 0.25) is 5.69 Å². The Bertz CT molecular complexity index is 1300. The molecule has 0 saturated heterocycles. The van der Waals surface area contributed by atoms with E-state index in [2.05, 4.69) is 101 Å². The number of rotatable bonds is 5. The fourth-order valence-corrected chi connectivity index (χ4v) is 5.16. The average Bonchev–Trinajstić information content (AvgIpc) is 2.79. The van der Waals surface area contributed by atoms with Crippen LogP contribution in [0.25, 0.3) is 33.2 Å². The minimum absolute atomic E-state index is 0.474. The molecular weight excluding hydrogens is 388 g/mol. The van der Waals surface area contributed by atoms with E-state index in [1.165, 1.54) is 22.4 Å². The Morgan fingerprint density at radius 1 is 0.906 bits per heavy atom. The van der Waals surface area contributed by atoms with Crippen molar-refractivity contribution >= 4 is 10.8 Å². The number of nitrogens with zero attached hydrogens (tertiary/aromatic N) is 2. The monoisotopic (exact) mass is 424 g/mol. The summed E-state index contributed by atoms with van der Waals surface area (Å²) in [4.78, 5) is 4.30. The molecule has 2 heterocycles. The van der Waals surface area contributed by atoms with Crippen LogP contribution in [-0.2, 0) is 7.05 Å². The maximum atomic E-state index is 8.94. The molecule has 0 bridgehead atoms. The van der Waals surface area contributed by atoms with Crippen LogP contribution in [0.1, 0.15) is 51.8 Å². The highest BCUT2D eigenvalue weighted by molar-refractivity contribution is 5.95. The first-order valence-corrected chi connectivity index (χ1v) is 11.6. The van der Waals surface area contributed by atoms with Crippen LogP contribution < -0.4 is 4.57 Å². The van der Waals surface area contributed by atoms with Gasteiger partial charge in [-0.3, -0.25) is 4.98 Å². The molecule has 2 heteroatoms. The molecule has 0 aliphatic carbocycles. The van der Waals surface area contributed by atoms with E-state index in [9.17, 15) is 0 Å². The van der Waals surface area contributed by atoms with Crippen molar-refractivity contribution in [1.29, 1.82) is 0 Å². The van der Waals surface area contributed by atoms with Crippen molar-refractivity contribution in [3.8, 4) is 22.4 Å². The van der Waals surface area contributed by atoms with Gasteiger partial charge in [0.15, 0.2) is 5.69 Å². The summed E-state index contributed by atoms with van der Waals surface area (Å²) in [7, 11) is 2.08. The molecular formula is C30H35N2+. The summed E-state index contributed by atoms with van der Waals surface area (Å²) in [5, 5.41) is 2.17. The number of benzene rings is 2. The lowest BCUT2D eigenvalue weighted by Crippen LogP contribution is -2.35. The molecule has 0 unspecified atom stereocenters. The lowest BCUT2D eigenvalue weighted by molar-refractivity contribution is -0.665. The quantitative estimate of drug-likeness (QED) is 0.305. The molecule has 4 aromatic rings. The van der Waals surface area contributed by atoms with Gasteiger partial charge in [-0.2, -0.15) is 4.57 Å². The minimum Gasteiger partial charge on any atom is -0.264 e. The lowest BCUT2D eigenvalue weighted by Gasteiger charge is -2.25. The van der Waals surface area contributed by atoms with Crippen LogP contribution in [0, 0.1) is 25.7 Å². The van der Waals surface area contributed by atoms with E-state index in [0.29, 0.717) is 23.8 Å². The number of aryl methyl sites for hydroxylation is 1. The predicted octanol–water partition coefficient (Wildman–Crippen LogP) is 7.41. The molecule has 0 saturated carbocycles. The van der Waals surface area contributed by atoms with Crippen LogP contribution >= 0.6 is 0 Å². The molecule has 2 nitrogen and oxygen atoms in total. The number of hydrogen-bond donors (Lipinski definition) is 0. The van der Waals surface area contributed by atoms with E-state index in [1.807, 2.05) is 18.5 Å². The summed E-state index contributed by atoms with van der Waals surface area (Å²) in [6, 6.07) is 18.1. The fraction of sp³-hybridized carbons (Fsp3) is 0.333. The van der Waals surface area contributed by atoms with E-state index in [-0.39, 0.29) is 0 Å². The molecule has 0 spiro atoms. The summed E-state index contributed by atoms with van der Waals surface area (Å²) in [5.41, 5.74) is 8.16.